The van der Waals surface area contributed by atoms with Crippen LogP contribution in [-0.2, 0) is 0 Å². The molecule has 2 amide bonds. The Morgan fingerprint density at radius 1 is 1.18 bits per heavy atom. The molecule has 28 heavy (non-hydrogen) atoms. The van der Waals surface area contributed by atoms with Gasteiger partial charge in [0, 0.05) is 38.4 Å². The number of amides is 2. The summed E-state index contributed by atoms with van der Waals surface area (Å²) >= 11 is 2.95. The lowest BCUT2D eigenvalue weighted by Crippen LogP contribution is -2.28. The van der Waals surface area contributed by atoms with Crippen LogP contribution in [0, 0.1) is 6.92 Å². The van der Waals surface area contributed by atoms with Gasteiger partial charge in [-0.3, -0.25) is 9.59 Å². The zero-order valence-electron chi connectivity index (χ0n) is 16.1. The van der Waals surface area contributed by atoms with Crippen molar-refractivity contribution in [2.45, 2.75) is 19.8 Å². The van der Waals surface area contributed by atoms with Crippen LogP contribution in [0.1, 0.15) is 38.4 Å². The molecule has 4 rings (SSSR count). The number of nitrogens with zero attached hydrogens (tertiary/aromatic N) is 3. The molecule has 0 aliphatic carbocycles. The Kier molecular flexibility index (Phi) is 5.07. The number of hydrogen-bond donors (Lipinski definition) is 1. The Bertz CT molecular complexity index is 1020. The van der Waals surface area contributed by atoms with Gasteiger partial charge >= 0.3 is 0 Å². The van der Waals surface area contributed by atoms with E-state index < -0.39 is 0 Å². The normalized spacial score (nSPS) is 13.9. The summed E-state index contributed by atoms with van der Waals surface area (Å²) in [6.45, 7) is 3.50. The summed E-state index contributed by atoms with van der Waals surface area (Å²) in [7, 11) is 3.91. The minimum absolute atomic E-state index is 0.0446. The average molecular weight is 415 g/mol. The molecular weight excluding hydrogens is 392 g/mol. The summed E-state index contributed by atoms with van der Waals surface area (Å²) in [5.74, 6) is -0.126. The Morgan fingerprint density at radius 2 is 1.93 bits per heavy atom. The molecule has 3 aromatic rings. The molecule has 1 N–H and O–H groups in total. The molecule has 1 saturated heterocycles. The molecule has 0 atom stereocenters. The van der Waals surface area contributed by atoms with Gasteiger partial charge in [0.2, 0.25) is 0 Å². The number of anilines is 2. The summed E-state index contributed by atoms with van der Waals surface area (Å²) in [5, 5.41) is 3.90. The fourth-order valence-corrected chi connectivity index (χ4v) is 5.33. The molecule has 1 fully saturated rings. The van der Waals surface area contributed by atoms with Crippen molar-refractivity contribution in [1.29, 1.82) is 0 Å². The van der Waals surface area contributed by atoms with E-state index in [-0.39, 0.29) is 11.8 Å². The maximum atomic E-state index is 12.8. The Balaban J connectivity index is 1.55. The number of fused-ring (bicyclic) bond motifs is 1. The molecular formula is C20H22N4O2S2. The molecule has 146 valence electrons. The second-order valence-corrected chi connectivity index (χ2v) is 9.14. The highest BCUT2D eigenvalue weighted by Crippen LogP contribution is 2.34. The zero-order valence-corrected chi connectivity index (χ0v) is 17.7. The number of thiazole rings is 1. The van der Waals surface area contributed by atoms with E-state index in [2.05, 4.69) is 10.3 Å². The van der Waals surface area contributed by atoms with Gasteiger partial charge < -0.3 is 15.1 Å². The van der Waals surface area contributed by atoms with Gasteiger partial charge in [0.25, 0.3) is 11.8 Å². The average Bonchev–Trinajstić information content (AvgIpc) is 3.38. The quantitative estimate of drug-likeness (QED) is 0.694. The van der Waals surface area contributed by atoms with Crippen LogP contribution in [0.25, 0.3) is 9.53 Å². The van der Waals surface area contributed by atoms with Gasteiger partial charge in [0.05, 0.1) is 9.58 Å². The SMILES string of the molecule is Cc1c(NC(=O)c2cc3sc(N(C)C)nc3s2)cccc1C(=O)N1CCCC1. The minimum atomic E-state index is -0.171. The topological polar surface area (TPSA) is 65.5 Å². The smallest absolute Gasteiger partial charge is 0.265 e. The first-order valence-corrected chi connectivity index (χ1v) is 10.9. The van der Waals surface area contributed by atoms with E-state index in [0.717, 1.165) is 46.2 Å². The van der Waals surface area contributed by atoms with E-state index in [0.29, 0.717) is 16.1 Å². The predicted octanol–water partition coefficient (Wildman–Crippen LogP) is 4.22. The fraction of sp³-hybridized carbons (Fsp3) is 0.350. The second-order valence-electron chi connectivity index (χ2n) is 7.10. The molecule has 3 heterocycles. The minimum Gasteiger partial charge on any atom is -0.354 e. The summed E-state index contributed by atoms with van der Waals surface area (Å²) in [6.07, 6.45) is 2.11. The number of carbonyl (C=O) groups is 2. The molecule has 0 spiro atoms. The number of hydrogen-bond acceptors (Lipinski definition) is 6. The van der Waals surface area contributed by atoms with Crippen molar-refractivity contribution in [3.05, 3.63) is 40.3 Å². The molecule has 8 heteroatoms. The van der Waals surface area contributed by atoms with Gasteiger partial charge in [0.1, 0.15) is 4.83 Å². The van der Waals surface area contributed by atoms with Gasteiger partial charge in [-0.15, -0.1) is 11.3 Å². The van der Waals surface area contributed by atoms with Gasteiger partial charge in [0.15, 0.2) is 5.13 Å². The van der Waals surface area contributed by atoms with Crippen LogP contribution in [0.15, 0.2) is 24.3 Å². The summed E-state index contributed by atoms with van der Waals surface area (Å²) < 4.78 is 1.01. The number of aromatic nitrogens is 1. The number of benzene rings is 1. The lowest BCUT2D eigenvalue weighted by molar-refractivity contribution is 0.0791. The number of carbonyl (C=O) groups excluding carboxylic acids is 2. The lowest BCUT2D eigenvalue weighted by atomic mass is 10.1. The first-order chi connectivity index (χ1) is 13.4. The summed E-state index contributed by atoms with van der Waals surface area (Å²) in [5.41, 5.74) is 2.14. The molecule has 0 saturated carbocycles. The summed E-state index contributed by atoms with van der Waals surface area (Å²) in [6, 6.07) is 7.38. The monoisotopic (exact) mass is 414 g/mol. The van der Waals surface area contributed by atoms with E-state index in [9.17, 15) is 9.59 Å². The highest BCUT2D eigenvalue weighted by molar-refractivity contribution is 7.29. The largest absolute Gasteiger partial charge is 0.354 e. The summed E-state index contributed by atoms with van der Waals surface area (Å²) in [4.78, 5) is 35.4. The van der Waals surface area contributed by atoms with Crippen LogP contribution in [0.3, 0.4) is 0 Å². The van der Waals surface area contributed by atoms with Crippen LogP contribution in [0.4, 0.5) is 10.8 Å². The molecule has 2 aromatic heterocycles. The van der Waals surface area contributed by atoms with Crippen LogP contribution < -0.4 is 10.2 Å². The van der Waals surface area contributed by atoms with Gasteiger partial charge in [-0.05, 0) is 43.5 Å². The Hall–Kier alpha value is -2.45. The van der Waals surface area contributed by atoms with E-state index >= 15 is 0 Å². The van der Waals surface area contributed by atoms with Crippen molar-refractivity contribution in [2.75, 3.05) is 37.4 Å². The first-order valence-electron chi connectivity index (χ1n) is 9.22. The molecule has 1 aromatic carbocycles. The first kappa shape index (κ1) is 18.9. The van der Waals surface area contributed by atoms with E-state index in [1.165, 1.54) is 11.3 Å². The zero-order chi connectivity index (χ0) is 19.8. The number of thiophene rings is 1. The number of nitrogens with one attached hydrogen (secondary N) is 1. The highest BCUT2D eigenvalue weighted by atomic mass is 32.1. The maximum Gasteiger partial charge on any atom is 0.265 e. The van der Waals surface area contributed by atoms with E-state index in [4.69, 9.17) is 0 Å². The third-order valence-electron chi connectivity index (χ3n) is 4.89. The third kappa shape index (κ3) is 3.49. The van der Waals surface area contributed by atoms with Crippen molar-refractivity contribution in [1.82, 2.24) is 9.88 Å². The fourth-order valence-electron chi connectivity index (χ4n) is 3.30. The molecule has 6 nitrogen and oxygen atoms in total. The lowest BCUT2D eigenvalue weighted by Gasteiger charge is -2.18. The van der Waals surface area contributed by atoms with Crippen molar-refractivity contribution in [3.63, 3.8) is 0 Å². The highest BCUT2D eigenvalue weighted by Gasteiger charge is 2.22. The standard InChI is InChI=1S/C20H22N4O2S2/c1-12-13(19(26)24-9-4-5-10-24)7-6-8-14(12)21-17(25)15-11-16-18(27-15)22-20(28-16)23(2)3/h6-8,11H,4-5,9-10H2,1-3H3,(H,21,25). The maximum absolute atomic E-state index is 12.8. The molecule has 0 unspecified atom stereocenters. The van der Waals surface area contributed by atoms with Crippen LogP contribution in [0.5, 0.6) is 0 Å². The predicted molar refractivity (Wildman–Crippen MR) is 116 cm³/mol. The number of likely N-dealkylation sites (tertiary alicyclic amines) is 1. The molecule has 1 aliphatic rings. The number of rotatable bonds is 4. The van der Waals surface area contributed by atoms with Crippen LogP contribution in [-0.4, -0.2) is 48.9 Å². The third-order valence-corrected chi connectivity index (χ3v) is 7.22. The van der Waals surface area contributed by atoms with Gasteiger partial charge in [-0.1, -0.05) is 17.4 Å². The van der Waals surface area contributed by atoms with E-state index in [1.807, 2.05) is 55.1 Å². The van der Waals surface area contributed by atoms with Crippen LogP contribution >= 0.6 is 22.7 Å². The Labute approximate surface area is 171 Å². The van der Waals surface area contributed by atoms with Gasteiger partial charge in [-0.25, -0.2) is 4.98 Å². The van der Waals surface area contributed by atoms with Crippen molar-refractivity contribution < 1.29 is 9.59 Å². The van der Waals surface area contributed by atoms with Crippen molar-refractivity contribution >= 4 is 54.8 Å². The van der Waals surface area contributed by atoms with Crippen LogP contribution in [0.2, 0.25) is 0 Å². The van der Waals surface area contributed by atoms with Gasteiger partial charge in [-0.2, -0.15) is 0 Å². The van der Waals surface area contributed by atoms with Crippen molar-refractivity contribution in [3.8, 4) is 0 Å². The molecule has 0 bridgehead atoms. The molecule has 1 aliphatic heterocycles. The van der Waals surface area contributed by atoms with E-state index in [1.54, 1.807) is 11.3 Å². The second kappa shape index (κ2) is 7.52. The Morgan fingerprint density at radius 3 is 2.61 bits per heavy atom. The van der Waals surface area contributed by atoms with Crippen molar-refractivity contribution in [2.24, 2.45) is 0 Å². The molecule has 0 radical (unpaired) electrons.